The molecule has 16 heavy (non-hydrogen) atoms. The summed E-state index contributed by atoms with van der Waals surface area (Å²) in [5.41, 5.74) is 0.691. The molecule has 0 unspecified atom stereocenters. The van der Waals surface area contributed by atoms with Crippen LogP contribution in [0.1, 0.15) is 43.5 Å². The van der Waals surface area contributed by atoms with Gasteiger partial charge in [0.1, 0.15) is 5.60 Å². The second-order valence-corrected chi connectivity index (χ2v) is 4.57. The fourth-order valence-corrected chi connectivity index (χ4v) is 2.44. The van der Waals surface area contributed by atoms with Crippen molar-refractivity contribution in [3.63, 3.8) is 0 Å². The van der Waals surface area contributed by atoms with Crippen LogP contribution in [0.15, 0.2) is 12.4 Å². The van der Waals surface area contributed by atoms with E-state index in [-0.39, 0.29) is 5.60 Å². The molecule has 0 aliphatic heterocycles. The Hall–Kier alpha value is -0.670. The van der Waals surface area contributed by atoms with E-state index in [1.807, 2.05) is 0 Å². The van der Waals surface area contributed by atoms with Gasteiger partial charge in [0.05, 0.1) is 5.88 Å². The Labute approximate surface area is 101 Å². The first-order valence-corrected chi connectivity index (χ1v) is 6.27. The second kappa shape index (κ2) is 5.11. The maximum absolute atomic E-state index is 5.72. The van der Waals surface area contributed by atoms with E-state index in [2.05, 4.69) is 9.97 Å². The van der Waals surface area contributed by atoms with E-state index in [1.54, 1.807) is 19.5 Å². The molecule has 3 nitrogen and oxygen atoms in total. The van der Waals surface area contributed by atoms with Crippen molar-refractivity contribution < 1.29 is 4.74 Å². The Bertz CT molecular complexity index is 333. The molecule has 1 aliphatic rings. The van der Waals surface area contributed by atoms with Gasteiger partial charge in [0, 0.05) is 25.1 Å². The van der Waals surface area contributed by atoms with E-state index in [0.717, 1.165) is 24.2 Å². The maximum Gasteiger partial charge on any atom is 0.160 e. The summed E-state index contributed by atoms with van der Waals surface area (Å²) >= 11 is 5.72. The normalized spacial score (nSPS) is 19.6. The van der Waals surface area contributed by atoms with E-state index >= 15 is 0 Å². The van der Waals surface area contributed by atoms with Crippen molar-refractivity contribution in [1.29, 1.82) is 0 Å². The first-order valence-electron chi connectivity index (χ1n) is 5.73. The van der Waals surface area contributed by atoms with Crippen molar-refractivity contribution >= 4 is 11.6 Å². The SMILES string of the molecule is COC1(c2ncc(CCl)cn2)CCCCC1. The van der Waals surface area contributed by atoms with E-state index in [4.69, 9.17) is 16.3 Å². The highest BCUT2D eigenvalue weighted by Crippen LogP contribution is 2.37. The molecule has 0 N–H and O–H groups in total. The van der Waals surface area contributed by atoms with Crippen LogP contribution >= 0.6 is 11.6 Å². The van der Waals surface area contributed by atoms with Crippen molar-refractivity contribution in [2.75, 3.05) is 7.11 Å². The standard InChI is InChI=1S/C12H17ClN2O/c1-16-12(5-3-2-4-6-12)11-14-8-10(7-13)9-15-11/h8-9H,2-7H2,1H3. The van der Waals surface area contributed by atoms with E-state index < -0.39 is 0 Å². The van der Waals surface area contributed by atoms with E-state index in [1.165, 1.54) is 19.3 Å². The van der Waals surface area contributed by atoms with Crippen LogP contribution in [0.2, 0.25) is 0 Å². The number of halogens is 1. The van der Waals surface area contributed by atoms with Gasteiger partial charge in [-0.1, -0.05) is 19.3 Å². The number of rotatable bonds is 3. The molecule has 1 heterocycles. The minimum absolute atomic E-state index is 0.261. The predicted octanol–water partition coefficient (Wildman–Crippen LogP) is 3.02. The number of ether oxygens (including phenoxy) is 1. The van der Waals surface area contributed by atoms with Crippen molar-refractivity contribution in [3.05, 3.63) is 23.8 Å². The largest absolute Gasteiger partial charge is 0.370 e. The molecule has 1 aromatic rings. The predicted molar refractivity (Wildman–Crippen MR) is 63.4 cm³/mol. The molecule has 0 saturated heterocycles. The summed E-state index contributed by atoms with van der Waals surface area (Å²) in [4.78, 5) is 8.79. The molecule has 0 radical (unpaired) electrons. The average Bonchev–Trinajstić information content (AvgIpc) is 2.39. The Morgan fingerprint density at radius 3 is 2.38 bits per heavy atom. The van der Waals surface area contributed by atoms with Crippen LogP contribution in [0.5, 0.6) is 0 Å². The fourth-order valence-electron chi connectivity index (χ4n) is 2.30. The van der Waals surface area contributed by atoms with E-state index in [9.17, 15) is 0 Å². The average molecular weight is 241 g/mol. The number of hydrogen-bond acceptors (Lipinski definition) is 3. The molecular weight excluding hydrogens is 224 g/mol. The lowest BCUT2D eigenvalue weighted by atomic mass is 9.84. The van der Waals surface area contributed by atoms with Gasteiger partial charge in [-0.15, -0.1) is 11.6 Å². The number of nitrogens with zero attached hydrogens (tertiary/aromatic N) is 2. The van der Waals surface area contributed by atoms with Crippen molar-refractivity contribution in [3.8, 4) is 0 Å². The molecule has 1 saturated carbocycles. The maximum atomic E-state index is 5.72. The molecular formula is C12H17ClN2O. The molecule has 1 aromatic heterocycles. The van der Waals surface area contributed by atoms with Crippen LogP contribution in [0, 0.1) is 0 Å². The zero-order chi connectivity index (χ0) is 11.4. The summed E-state index contributed by atoms with van der Waals surface area (Å²) in [6, 6.07) is 0. The summed E-state index contributed by atoms with van der Waals surface area (Å²) in [5, 5.41) is 0. The Kier molecular flexibility index (Phi) is 3.77. The summed E-state index contributed by atoms with van der Waals surface area (Å²) in [6.07, 6.45) is 9.29. The van der Waals surface area contributed by atoms with Crippen molar-refractivity contribution in [2.24, 2.45) is 0 Å². The molecule has 0 spiro atoms. The van der Waals surface area contributed by atoms with Gasteiger partial charge in [-0.2, -0.15) is 0 Å². The summed E-state index contributed by atoms with van der Waals surface area (Å²) in [7, 11) is 1.75. The molecule has 0 bridgehead atoms. The first-order chi connectivity index (χ1) is 7.80. The van der Waals surface area contributed by atoms with Gasteiger partial charge in [0.15, 0.2) is 5.82 Å². The third-order valence-electron chi connectivity index (χ3n) is 3.32. The minimum Gasteiger partial charge on any atom is -0.370 e. The summed E-state index contributed by atoms with van der Waals surface area (Å²) in [5.74, 6) is 1.27. The van der Waals surface area contributed by atoms with Gasteiger partial charge < -0.3 is 4.74 Å². The lowest BCUT2D eigenvalue weighted by Crippen LogP contribution is -2.33. The van der Waals surface area contributed by atoms with E-state index in [0.29, 0.717) is 5.88 Å². The number of alkyl halides is 1. The molecule has 0 aromatic carbocycles. The highest BCUT2D eigenvalue weighted by atomic mass is 35.5. The number of hydrogen-bond donors (Lipinski definition) is 0. The molecule has 0 atom stereocenters. The zero-order valence-electron chi connectivity index (χ0n) is 9.58. The van der Waals surface area contributed by atoms with Gasteiger partial charge in [-0.25, -0.2) is 9.97 Å². The zero-order valence-corrected chi connectivity index (χ0v) is 10.3. The second-order valence-electron chi connectivity index (χ2n) is 4.31. The Morgan fingerprint density at radius 2 is 1.88 bits per heavy atom. The van der Waals surface area contributed by atoms with Gasteiger partial charge >= 0.3 is 0 Å². The number of aromatic nitrogens is 2. The van der Waals surface area contributed by atoms with Gasteiger partial charge in [0.2, 0.25) is 0 Å². The van der Waals surface area contributed by atoms with Gasteiger partial charge in [-0.05, 0) is 12.8 Å². The Balaban J connectivity index is 2.24. The van der Waals surface area contributed by atoms with Gasteiger partial charge in [0.25, 0.3) is 0 Å². The topological polar surface area (TPSA) is 35.0 Å². The van der Waals surface area contributed by atoms with Crippen molar-refractivity contribution in [2.45, 2.75) is 43.6 Å². The third-order valence-corrected chi connectivity index (χ3v) is 3.63. The molecule has 2 rings (SSSR count). The van der Waals surface area contributed by atoms with Crippen LogP contribution in [0.25, 0.3) is 0 Å². The monoisotopic (exact) mass is 240 g/mol. The highest BCUT2D eigenvalue weighted by Gasteiger charge is 2.36. The van der Waals surface area contributed by atoms with Gasteiger partial charge in [-0.3, -0.25) is 0 Å². The fraction of sp³-hybridized carbons (Fsp3) is 0.667. The van der Waals surface area contributed by atoms with Crippen LogP contribution in [-0.4, -0.2) is 17.1 Å². The minimum atomic E-state index is -0.261. The number of methoxy groups -OCH3 is 1. The first kappa shape index (κ1) is 11.8. The van der Waals surface area contributed by atoms with Crippen LogP contribution in [0.4, 0.5) is 0 Å². The lowest BCUT2D eigenvalue weighted by molar-refractivity contribution is -0.0515. The van der Waals surface area contributed by atoms with Crippen molar-refractivity contribution in [1.82, 2.24) is 9.97 Å². The lowest BCUT2D eigenvalue weighted by Gasteiger charge is -2.34. The van der Waals surface area contributed by atoms with Crippen LogP contribution in [0.3, 0.4) is 0 Å². The highest BCUT2D eigenvalue weighted by molar-refractivity contribution is 6.17. The summed E-state index contributed by atoms with van der Waals surface area (Å²) < 4.78 is 5.68. The Morgan fingerprint density at radius 1 is 1.25 bits per heavy atom. The molecule has 1 fully saturated rings. The molecule has 4 heteroatoms. The molecule has 1 aliphatic carbocycles. The smallest absolute Gasteiger partial charge is 0.160 e. The molecule has 0 amide bonds. The third kappa shape index (κ3) is 2.20. The molecule has 88 valence electrons. The quantitative estimate of drug-likeness (QED) is 0.762. The van der Waals surface area contributed by atoms with Crippen LogP contribution < -0.4 is 0 Å². The van der Waals surface area contributed by atoms with Crippen LogP contribution in [-0.2, 0) is 16.2 Å². The summed E-state index contributed by atoms with van der Waals surface area (Å²) in [6.45, 7) is 0.